The van der Waals surface area contributed by atoms with Crippen LogP contribution in [0, 0.1) is 0 Å². The number of carbonyl (C=O) groups is 1. The number of hydrogen-bond acceptors (Lipinski definition) is 3. The lowest BCUT2D eigenvalue weighted by molar-refractivity contribution is 0.0916. The molecule has 18 heavy (non-hydrogen) atoms. The molecule has 1 aromatic carbocycles. The van der Waals surface area contributed by atoms with E-state index in [-0.39, 0.29) is 5.78 Å². The lowest BCUT2D eigenvalue weighted by Gasteiger charge is -2.23. The second-order valence-corrected chi connectivity index (χ2v) is 5.38. The van der Waals surface area contributed by atoms with Crippen LogP contribution in [0.1, 0.15) is 23.7 Å². The second-order valence-electron chi connectivity index (χ2n) is 4.47. The second kappa shape index (κ2) is 7.67. The summed E-state index contributed by atoms with van der Waals surface area (Å²) in [4.78, 5) is 14.1. The van der Waals surface area contributed by atoms with E-state index in [0.29, 0.717) is 19.1 Å². The summed E-state index contributed by atoms with van der Waals surface area (Å²) in [5, 5.41) is 0. The summed E-state index contributed by atoms with van der Waals surface area (Å²) in [5.74, 6) is 0.180. The number of hydrogen-bond donors (Lipinski definition) is 0. The van der Waals surface area contributed by atoms with Gasteiger partial charge in [-0.15, -0.1) is 0 Å². The van der Waals surface area contributed by atoms with Gasteiger partial charge in [0, 0.05) is 36.2 Å². The van der Waals surface area contributed by atoms with Gasteiger partial charge in [-0.25, -0.2) is 0 Å². The summed E-state index contributed by atoms with van der Waals surface area (Å²) in [6, 6.07) is 7.82. The van der Waals surface area contributed by atoms with Crippen molar-refractivity contribution in [3.05, 3.63) is 34.3 Å². The van der Waals surface area contributed by atoms with Crippen molar-refractivity contribution in [1.29, 1.82) is 0 Å². The molecule has 3 nitrogen and oxygen atoms in total. The number of likely N-dealkylation sites (N-methyl/N-ethyl adjacent to an activating group) is 1. The van der Waals surface area contributed by atoms with Gasteiger partial charge in [0.1, 0.15) is 0 Å². The van der Waals surface area contributed by atoms with Gasteiger partial charge < -0.3 is 9.64 Å². The van der Waals surface area contributed by atoms with Gasteiger partial charge in [-0.3, -0.25) is 4.79 Å². The molecule has 4 heteroatoms. The number of Topliss-reactive ketones (excluding diaryl/α,β-unsaturated/α-hetero) is 1. The molecule has 0 aromatic heterocycles. The molecule has 0 spiro atoms. The van der Waals surface area contributed by atoms with Gasteiger partial charge in [-0.05, 0) is 26.1 Å². The molecule has 0 aliphatic rings. The Morgan fingerprint density at radius 3 is 2.56 bits per heavy atom. The average Bonchev–Trinajstić information content (AvgIpc) is 2.36. The first-order valence-corrected chi connectivity index (χ1v) is 6.82. The number of ketones is 1. The van der Waals surface area contributed by atoms with Crippen molar-refractivity contribution in [1.82, 2.24) is 4.90 Å². The highest BCUT2D eigenvalue weighted by molar-refractivity contribution is 9.10. The van der Waals surface area contributed by atoms with E-state index in [4.69, 9.17) is 4.74 Å². The topological polar surface area (TPSA) is 29.5 Å². The first-order valence-electron chi connectivity index (χ1n) is 6.02. The van der Waals surface area contributed by atoms with Crippen molar-refractivity contribution < 1.29 is 9.53 Å². The summed E-state index contributed by atoms with van der Waals surface area (Å²) >= 11 is 3.36. The molecule has 0 bridgehead atoms. The lowest BCUT2D eigenvalue weighted by Crippen LogP contribution is -2.34. The molecule has 0 radical (unpaired) electrons. The van der Waals surface area contributed by atoms with Gasteiger partial charge in [-0.1, -0.05) is 28.1 Å². The van der Waals surface area contributed by atoms with E-state index < -0.39 is 0 Å². The Labute approximate surface area is 117 Å². The van der Waals surface area contributed by atoms with E-state index in [9.17, 15) is 4.79 Å². The van der Waals surface area contributed by atoms with E-state index in [1.807, 2.05) is 31.3 Å². The molecule has 0 aliphatic heterocycles. The molecule has 0 N–H and O–H groups in total. The molecular weight excluding hydrogens is 294 g/mol. The smallest absolute Gasteiger partial charge is 0.164 e. The normalized spacial score (nSPS) is 12.7. The fourth-order valence-corrected chi connectivity index (χ4v) is 1.91. The van der Waals surface area contributed by atoms with Crippen LogP contribution in [0.3, 0.4) is 0 Å². The minimum atomic E-state index is 0.180. The molecule has 1 unspecified atom stereocenters. The first kappa shape index (κ1) is 15.3. The third-order valence-corrected chi connectivity index (χ3v) is 3.55. The third-order valence-electron chi connectivity index (χ3n) is 3.02. The maximum absolute atomic E-state index is 12.0. The summed E-state index contributed by atoms with van der Waals surface area (Å²) in [6.45, 7) is 3.52. The van der Waals surface area contributed by atoms with E-state index >= 15 is 0 Å². The van der Waals surface area contributed by atoms with Crippen molar-refractivity contribution in [2.24, 2.45) is 0 Å². The molecule has 0 amide bonds. The average molecular weight is 314 g/mol. The molecule has 1 aromatic rings. The number of halogens is 1. The lowest BCUT2D eigenvalue weighted by atomic mass is 10.1. The van der Waals surface area contributed by atoms with Crippen LogP contribution < -0.4 is 0 Å². The van der Waals surface area contributed by atoms with Gasteiger partial charge in [0.25, 0.3) is 0 Å². The first-order chi connectivity index (χ1) is 8.54. The highest BCUT2D eigenvalue weighted by atomic mass is 79.9. The Hall–Kier alpha value is -0.710. The zero-order valence-corrected chi connectivity index (χ0v) is 12.7. The Balaban J connectivity index is 2.43. The largest absolute Gasteiger partial charge is 0.383 e. The van der Waals surface area contributed by atoms with Crippen LogP contribution in [-0.2, 0) is 4.74 Å². The molecule has 0 fully saturated rings. The van der Waals surface area contributed by atoms with Crippen molar-refractivity contribution in [2.75, 3.05) is 27.3 Å². The maximum atomic E-state index is 12.0. The standard InChI is InChI=1S/C14H20BrNO2/c1-11(10-18-3)16(2)9-8-14(17)12-4-6-13(15)7-5-12/h4-7,11H,8-10H2,1-3H3. The van der Waals surface area contributed by atoms with Gasteiger partial charge in [0.05, 0.1) is 6.61 Å². The fraction of sp³-hybridized carbons (Fsp3) is 0.500. The summed E-state index contributed by atoms with van der Waals surface area (Å²) in [5.41, 5.74) is 0.769. The van der Waals surface area contributed by atoms with Gasteiger partial charge in [0.2, 0.25) is 0 Å². The van der Waals surface area contributed by atoms with E-state index in [1.165, 1.54) is 0 Å². The molecule has 0 heterocycles. The van der Waals surface area contributed by atoms with Gasteiger partial charge in [0.15, 0.2) is 5.78 Å². The molecular formula is C14H20BrNO2. The molecule has 0 saturated heterocycles. The van der Waals surface area contributed by atoms with Crippen molar-refractivity contribution in [3.8, 4) is 0 Å². The molecule has 100 valence electrons. The third kappa shape index (κ3) is 4.88. The number of rotatable bonds is 7. The number of carbonyl (C=O) groups excluding carboxylic acids is 1. The van der Waals surface area contributed by atoms with Crippen LogP contribution in [0.25, 0.3) is 0 Å². The van der Waals surface area contributed by atoms with Crippen molar-refractivity contribution in [3.63, 3.8) is 0 Å². The van der Waals surface area contributed by atoms with E-state index in [0.717, 1.165) is 16.6 Å². The van der Waals surface area contributed by atoms with Gasteiger partial charge in [-0.2, -0.15) is 0 Å². The molecule has 1 rings (SSSR count). The predicted octanol–water partition coefficient (Wildman–Crippen LogP) is 2.99. The maximum Gasteiger partial charge on any atom is 0.164 e. The fourth-order valence-electron chi connectivity index (χ4n) is 1.65. The van der Waals surface area contributed by atoms with Crippen LogP contribution in [0.15, 0.2) is 28.7 Å². The minimum absolute atomic E-state index is 0.180. The summed E-state index contributed by atoms with van der Waals surface area (Å²) < 4.78 is 6.09. The quantitative estimate of drug-likeness (QED) is 0.725. The highest BCUT2D eigenvalue weighted by Gasteiger charge is 2.11. The Bertz CT molecular complexity index is 378. The van der Waals surface area contributed by atoms with Crippen molar-refractivity contribution >= 4 is 21.7 Å². The number of methoxy groups -OCH3 is 1. The summed E-state index contributed by atoms with van der Waals surface area (Å²) in [6.07, 6.45) is 0.534. The van der Waals surface area contributed by atoms with Crippen LogP contribution in [0.5, 0.6) is 0 Å². The van der Waals surface area contributed by atoms with Crippen LogP contribution >= 0.6 is 15.9 Å². The summed E-state index contributed by atoms with van der Waals surface area (Å²) in [7, 11) is 3.70. The van der Waals surface area contributed by atoms with Gasteiger partial charge >= 0.3 is 0 Å². The van der Waals surface area contributed by atoms with Crippen molar-refractivity contribution in [2.45, 2.75) is 19.4 Å². The highest BCUT2D eigenvalue weighted by Crippen LogP contribution is 2.12. The number of nitrogens with zero attached hydrogens (tertiary/aromatic N) is 1. The number of benzene rings is 1. The van der Waals surface area contributed by atoms with E-state index in [2.05, 4.69) is 27.8 Å². The number of ether oxygens (including phenoxy) is 1. The van der Waals surface area contributed by atoms with E-state index in [1.54, 1.807) is 7.11 Å². The minimum Gasteiger partial charge on any atom is -0.383 e. The Kier molecular flexibility index (Phi) is 6.54. The predicted molar refractivity (Wildman–Crippen MR) is 77.1 cm³/mol. The Morgan fingerprint density at radius 2 is 2.00 bits per heavy atom. The zero-order valence-electron chi connectivity index (χ0n) is 11.1. The molecule has 1 atom stereocenters. The zero-order chi connectivity index (χ0) is 13.5. The molecule has 0 saturated carbocycles. The monoisotopic (exact) mass is 313 g/mol. The molecule has 0 aliphatic carbocycles. The SMILES string of the molecule is COCC(C)N(C)CCC(=O)c1ccc(Br)cc1. The Morgan fingerprint density at radius 1 is 1.39 bits per heavy atom. The van der Waals surface area contributed by atoms with Crippen LogP contribution in [-0.4, -0.2) is 44.0 Å². The van der Waals surface area contributed by atoms with Crippen LogP contribution in [0.4, 0.5) is 0 Å². The van der Waals surface area contributed by atoms with Crippen LogP contribution in [0.2, 0.25) is 0 Å².